The maximum Gasteiger partial charge on any atom is 0.216 e. The number of aromatic nitrogens is 1. The van der Waals surface area contributed by atoms with Crippen molar-refractivity contribution in [2.24, 2.45) is 10.9 Å². The van der Waals surface area contributed by atoms with Crippen LogP contribution in [0.1, 0.15) is 19.2 Å². The minimum Gasteiger partial charge on any atom is -0.439 e. The molecule has 1 aromatic carbocycles. The first-order valence-corrected chi connectivity index (χ1v) is 8.83. The zero-order valence-corrected chi connectivity index (χ0v) is 14.9. The summed E-state index contributed by atoms with van der Waals surface area (Å²) in [6, 6.07) is 9.98. The van der Waals surface area contributed by atoms with Gasteiger partial charge in [-0.05, 0) is 13.3 Å². The van der Waals surface area contributed by atoms with Gasteiger partial charge in [0.2, 0.25) is 5.89 Å². The Hall–Kier alpha value is -2.34. The summed E-state index contributed by atoms with van der Waals surface area (Å²) in [5.74, 6) is 2.83. The van der Waals surface area contributed by atoms with Crippen LogP contribution in [0, 0.1) is 5.92 Å². The van der Waals surface area contributed by atoms with Crippen molar-refractivity contribution in [2.75, 3.05) is 33.4 Å². The molecule has 0 radical (unpaired) electrons. The van der Waals surface area contributed by atoms with Gasteiger partial charge in [-0.2, -0.15) is 0 Å². The maximum atomic E-state index is 5.83. The first-order chi connectivity index (χ1) is 12.3. The number of nitrogens with one attached hydrogen (secondary N) is 1. The van der Waals surface area contributed by atoms with Gasteiger partial charge in [0.05, 0.1) is 12.8 Å². The van der Waals surface area contributed by atoms with Crippen molar-refractivity contribution in [3.63, 3.8) is 0 Å². The Balaban J connectivity index is 1.63. The Morgan fingerprint density at radius 2 is 2.20 bits per heavy atom. The van der Waals surface area contributed by atoms with Crippen LogP contribution in [0.4, 0.5) is 0 Å². The number of nitrogens with zero attached hydrogens (tertiary/aromatic N) is 3. The Morgan fingerprint density at radius 3 is 2.92 bits per heavy atom. The summed E-state index contributed by atoms with van der Waals surface area (Å²) in [5, 5.41) is 3.33. The second kappa shape index (κ2) is 8.67. The Morgan fingerprint density at radius 1 is 1.36 bits per heavy atom. The van der Waals surface area contributed by atoms with Crippen LogP contribution in [0.5, 0.6) is 0 Å². The third-order valence-electron chi connectivity index (χ3n) is 4.23. The fourth-order valence-corrected chi connectivity index (χ4v) is 2.93. The summed E-state index contributed by atoms with van der Waals surface area (Å²) in [5.41, 5.74) is 1.02. The predicted octanol–water partition coefficient (Wildman–Crippen LogP) is 2.78. The molecule has 134 valence electrons. The molecule has 1 saturated heterocycles. The van der Waals surface area contributed by atoms with Gasteiger partial charge in [-0.3, -0.25) is 0 Å². The Labute approximate surface area is 148 Å². The standard InChI is InChI=1S/C19H26N4O2/c1-3-20-19(23(2)13-15-9-10-24-14-15)22-12-18-21-11-17(25-18)16-7-5-4-6-8-16/h4-8,11,15H,3,9-10,12-14H2,1-2H3,(H,20,22). The van der Waals surface area contributed by atoms with E-state index in [-0.39, 0.29) is 0 Å². The van der Waals surface area contributed by atoms with Crippen LogP contribution in [0.25, 0.3) is 11.3 Å². The molecule has 0 aliphatic carbocycles. The zero-order chi connectivity index (χ0) is 17.5. The molecule has 0 spiro atoms. The highest BCUT2D eigenvalue weighted by Gasteiger charge is 2.19. The fourth-order valence-electron chi connectivity index (χ4n) is 2.93. The molecule has 1 aliphatic rings. The first kappa shape index (κ1) is 17.5. The van der Waals surface area contributed by atoms with Crippen LogP contribution >= 0.6 is 0 Å². The van der Waals surface area contributed by atoms with Gasteiger partial charge in [-0.15, -0.1) is 0 Å². The average molecular weight is 342 g/mol. The summed E-state index contributed by atoms with van der Waals surface area (Å²) in [4.78, 5) is 11.2. The van der Waals surface area contributed by atoms with Crippen molar-refractivity contribution in [1.82, 2.24) is 15.2 Å². The van der Waals surface area contributed by atoms with Gasteiger partial charge >= 0.3 is 0 Å². The summed E-state index contributed by atoms with van der Waals surface area (Å²) in [7, 11) is 2.06. The van der Waals surface area contributed by atoms with Crippen LogP contribution in [-0.4, -0.2) is 49.2 Å². The van der Waals surface area contributed by atoms with E-state index in [4.69, 9.17) is 9.15 Å². The van der Waals surface area contributed by atoms with Crippen LogP contribution in [0.3, 0.4) is 0 Å². The minimum atomic E-state index is 0.417. The Kier molecular flexibility index (Phi) is 6.06. The molecule has 1 aliphatic heterocycles. The molecule has 6 nitrogen and oxygen atoms in total. The lowest BCUT2D eigenvalue weighted by molar-refractivity contribution is 0.181. The number of benzene rings is 1. The van der Waals surface area contributed by atoms with Crippen molar-refractivity contribution >= 4 is 5.96 Å². The number of hydrogen-bond acceptors (Lipinski definition) is 4. The predicted molar refractivity (Wildman–Crippen MR) is 98.3 cm³/mol. The number of rotatable bonds is 6. The third kappa shape index (κ3) is 4.82. The van der Waals surface area contributed by atoms with E-state index in [0.29, 0.717) is 18.4 Å². The monoisotopic (exact) mass is 342 g/mol. The summed E-state index contributed by atoms with van der Waals surface area (Å²) in [6.45, 7) is 5.95. The number of guanidine groups is 1. The van der Waals surface area contributed by atoms with Crippen molar-refractivity contribution < 1.29 is 9.15 Å². The minimum absolute atomic E-state index is 0.417. The largest absolute Gasteiger partial charge is 0.439 e. The summed E-state index contributed by atoms with van der Waals surface area (Å²) in [6.07, 6.45) is 2.87. The molecule has 6 heteroatoms. The SMILES string of the molecule is CCNC(=NCc1ncc(-c2ccccc2)o1)N(C)CC1CCOC1. The number of ether oxygens (including phenoxy) is 1. The van der Waals surface area contributed by atoms with Crippen LogP contribution < -0.4 is 5.32 Å². The molecule has 2 aromatic rings. The molecule has 0 amide bonds. The number of oxazole rings is 1. The normalized spacial score (nSPS) is 17.7. The van der Waals surface area contributed by atoms with Crippen LogP contribution in [0.2, 0.25) is 0 Å². The van der Waals surface area contributed by atoms with E-state index in [0.717, 1.165) is 50.0 Å². The van der Waals surface area contributed by atoms with Gasteiger partial charge in [-0.1, -0.05) is 30.3 Å². The zero-order valence-electron chi connectivity index (χ0n) is 14.9. The van der Waals surface area contributed by atoms with Gasteiger partial charge < -0.3 is 19.4 Å². The van der Waals surface area contributed by atoms with Gasteiger partial charge in [0.1, 0.15) is 6.54 Å². The lowest BCUT2D eigenvalue weighted by atomic mass is 10.1. The quantitative estimate of drug-likeness (QED) is 0.646. The lowest BCUT2D eigenvalue weighted by Gasteiger charge is -2.24. The van der Waals surface area contributed by atoms with E-state index in [1.54, 1.807) is 6.20 Å². The van der Waals surface area contributed by atoms with Gasteiger partial charge in [0.15, 0.2) is 11.7 Å². The Bertz CT molecular complexity index is 678. The fraction of sp³-hybridized carbons (Fsp3) is 0.474. The highest BCUT2D eigenvalue weighted by molar-refractivity contribution is 5.79. The molecule has 2 heterocycles. The molecule has 3 rings (SSSR count). The van der Waals surface area contributed by atoms with E-state index in [2.05, 4.69) is 34.2 Å². The molecular weight excluding hydrogens is 316 g/mol. The third-order valence-corrected chi connectivity index (χ3v) is 4.23. The maximum absolute atomic E-state index is 5.83. The van der Waals surface area contributed by atoms with Gasteiger partial charge in [-0.25, -0.2) is 9.98 Å². The molecule has 1 unspecified atom stereocenters. The van der Waals surface area contributed by atoms with Crippen molar-refractivity contribution in [1.29, 1.82) is 0 Å². The summed E-state index contributed by atoms with van der Waals surface area (Å²) >= 11 is 0. The van der Waals surface area contributed by atoms with E-state index in [9.17, 15) is 0 Å². The van der Waals surface area contributed by atoms with Gasteiger partial charge in [0, 0.05) is 38.2 Å². The second-order valence-electron chi connectivity index (χ2n) is 6.26. The van der Waals surface area contributed by atoms with E-state index >= 15 is 0 Å². The number of hydrogen-bond donors (Lipinski definition) is 1. The molecule has 1 aromatic heterocycles. The van der Waals surface area contributed by atoms with Crippen molar-refractivity contribution in [3.8, 4) is 11.3 Å². The lowest BCUT2D eigenvalue weighted by Crippen LogP contribution is -2.41. The van der Waals surface area contributed by atoms with E-state index in [1.807, 2.05) is 30.3 Å². The molecule has 1 atom stereocenters. The van der Waals surface area contributed by atoms with Crippen LogP contribution in [-0.2, 0) is 11.3 Å². The molecule has 1 N–H and O–H groups in total. The van der Waals surface area contributed by atoms with Gasteiger partial charge in [0.25, 0.3) is 0 Å². The second-order valence-corrected chi connectivity index (χ2v) is 6.26. The average Bonchev–Trinajstić information content (AvgIpc) is 3.31. The topological polar surface area (TPSA) is 62.9 Å². The highest BCUT2D eigenvalue weighted by Crippen LogP contribution is 2.20. The molecule has 0 saturated carbocycles. The van der Waals surface area contributed by atoms with E-state index < -0.39 is 0 Å². The summed E-state index contributed by atoms with van der Waals surface area (Å²) < 4.78 is 11.3. The highest BCUT2D eigenvalue weighted by atomic mass is 16.5. The van der Waals surface area contributed by atoms with Crippen molar-refractivity contribution in [3.05, 3.63) is 42.4 Å². The van der Waals surface area contributed by atoms with Crippen molar-refractivity contribution in [2.45, 2.75) is 19.9 Å². The van der Waals surface area contributed by atoms with E-state index in [1.165, 1.54) is 0 Å². The molecular formula is C19H26N4O2. The molecule has 0 bridgehead atoms. The molecule has 1 fully saturated rings. The smallest absolute Gasteiger partial charge is 0.216 e. The first-order valence-electron chi connectivity index (χ1n) is 8.83. The van der Waals surface area contributed by atoms with Crippen LogP contribution in [0.15, 0.2) is 45.9 Å². The number of aliphatic imine (C=N–C) groups is 1. The molecule has 25 heavy (non-hydrogen) atoms.